The molecule has 0 saturated carbocycles. The zero-order valence-electron chi connectivity index (χ0n) is 8.50. The Morgan fingerprint density at radius 3 is 2.58 bits per heavy atom. The van der Waals surface area contributed by atoms with Crippen LogP contribution in [0.3, 0.4) is 0 Å². The Kier molecular flexibility index (Phi) is 3.50. The predicted molar refractivity (Wildman–Crippen MR) is 50.4 cm³/mol. The van der Waals surface area contributed by atoms with E-state index >= 15 is 0 Å². The number of nitrogens with one attached hydrogen (secondary N) is 1. The lowest BCUT2D eigenvalue weighted by Crippen LogP contribution is -2.43. The minimum atomic E-state index is 0.359. The molecular weight excluding hydrogens is 152 g/mol. The highest BCUT2D eigenvalue weighted by molar-refractivity contribution is 4.89. The summed E-state index contributed by atoms with van der Waals surface area (Å²) in [5, 5.41) is 3.51. The molecule has 0 aromatic carbocycles. The lowest BCUT2D eigenvalue weighted by Gasteiger charge is -2.20. The molecule has 0 bridgehead atoms. The second kappa shape index (κ2) is 4.21. The van der Waals surface area contributed by atoms with E-state index in [-0.39, 0.29) is 0 Å². The van der Waals surface area contributed by atoms with Crippen molar-refractivity contribution in [1.82, 2.24) is 10.2 Å². The van der Waals surface area contributed by atoms with E-state index in [9.17, 15) is 0 Å². The van der Waals surface area contributed by atoms with Crippen molar-refractivity contribution in [3.63, 3.8) is 0 Å². The lowest BCUT2D eigenvalue weighted by atomic mass is 10.2. The van der Waals surface area contributed by atoms with Crippen LogP contribution < -0.4 is 5.32 Å². The summed E-state index contributed by atoms with van der Waals surface area (Å²) in [6.45, 7) is 6.48. The number of likely N-dealkylation sites (tertiary alicyclic amines) is 1. The molecule has 1 rings (SSSR count). The zero-order chi connectivity index (χ0) is 9.14. The Balaban J connectivity index is 2.40. The average molecular weight is 172 g/mol. The Morgan fingerprint density at radius 1 is 1.42 bits per heavy atom. The minimum Gasteiger partial charge on any atom is -0.378 e. The first-order chi connectivity index (χ1) is 5.63. The topological polar surface area (TPSA) is 24.5 Å². The number of hydrogen-bond acceptors (Lipinski definition) is 3. The third-order valence-electron chi connectivity index (χ3n) is 2.30. The number of nitrogens with zero attached hydrogens (tertiary/aromatic N) is 1. The fourth-order valence-electron chi connectivity index (χ4n) is 1.79. The summed E-state index contributed by atoms with van der Waals surface area (Å²) in [7, 11) is 3.92. The van der Waals surface area contributed by atoms with Crippen molar-refractivity contribution in [2.45, 2.75) is 32.0 Å². The summed E-state index contributed by atoms with van der Waals surface area (Å²) in [6.07, 6.45) is 0.359. The molecule has 12 heavy (non-hydrogen) atoms. The molecule has 1 aliphatic rings. The first kappa shape index (κ1) is 9.96. The molecule has 1 N–H and O–H groups in total. The highest BCUT2D eigenvalue weighted by atomic mass is 16.5. The fraction of sp³-hybridized carbons (Fsp3) is 1.00. The summed E-state index contributed by atoms with van der Waals surface area (Å²) < 4.78 is 5.39. The summed E-state index contributed by atoms with van der Waals surface area (Å²) in [5.41, 5.74) is 0. The van der Waals surface area contributed by atoms with Gasteiger partial charge >= 0.3 is 0 Å². The number of likely N-dealkylation sites (N-methyl/N-ethyl adjacent to an activating group) is 1. The van der Waals surface area contributed by atoms with Gasteiger partial charge in [0.15, 0.2) is 0 Å². The molecule has 3 nitrogen and oxygen atoms in total. The van der Waals surface area contributed by atoms with Crippen LogP contribution in [0.2, 0.25) is 0 Å². The van der Waals surface area contributed by atoms with Gasteiger partial charge in [-0.05, 0) is 7.05 Å². The largest absolute Gasteiger partial charge is 0.378 e. The van der Waals surface area contributed by atoms with E-state index in [2.05, 4.69) is 31.1 Å². The molecule has 1 fully saturated rings. The molecule has 0 aliphatic carbocycles. The summed E-state index contributed by atoms with van der Waals surface area (Å²) in [6, 6.07) is 1.04. The first-order valence-electron chi connectivity index (χ1n) is 4.61. The molecule has 0 spiro atoms. The fourth-order valence-corrected chi connectivity index (χ4v) is 1.79. The van der Waals surface area contributed by atoms with Gasteiger partial charge in [-0.3, -0.25) is 0 Å². The molecule has 1 aliphatic heterocycles. The van der Waals surface area contributed by atoms with Gasteiger partial charge < -0.3 is 15.0 Å². The Labute approximate surface area is 75.1 Å². The van der Waals surface area contributed by atoms with Crippen molar-refractivity contribution >= 4 is 0 Å². The maximum absolute atomic E-state index is 5.39. The standard InChI is InChI=1S/C9H20N2O/c1-7(2)10-8-5-11(3)6-9(8)12-4/h7-10H,5-6H2,1-4H3/t8-,9+/m0/s1. The van der Waals surface area contributed by atoms with Crippen LogP contribution in [0, 0.1) is 0 Å². The van der Waals surface area contributed by atoms with Crippen LogP contribution >= 0.6 is 0 Å². The van der Waals surface area contributed by atoms with Gasteiger partial charge in [0.05, 0.1) is 6.10 Å². The first-order valence-corrected chi connectivity index (χ1v) is 4.61. The number of hydrogen-bond donors (Lipinski definition) is 1. The van der Waals surface area contributed by atoms with E-state index in [4.69, 9.17) is 4.74 Å². The van der Waals surface area contributed by atoms with E-state index in [1.807, 2.05) is 0 Å². The Hall–Kier alpha value is -0.120. The zero-order valence-corrected chi connectivity index (χ0v) is 8.50. The average Bonchev–Trinajstić information content (AvgIpc) is 2.29. The van der Waals surface area contributed by atoms with E-state index in [1.165, 1.54) is 0 Å². The van der Waals surface area contributed by atoms with Gasteiger partial charge in [0, 0.05) is 32.3 Å². The molecule has 3 heteroatoms. The molecule has 2 atom stereocenters. The van der Waals surface area contributed by atoms with Crippen LogP contribution in [-0.4, -0.2) is 50.3 Å². The molecule has 0 unspecified atom stereocenters. The van der Waals surface area contributed by atoms with Crippen LogP contribution in [-0.2, 0) is 4.74 Å². The second-order valence-corrected chi connectivity index (χ2v) is 3.92. The molecule has 0 aromatic rings. The number of rotatable bonds is 3. The monoisotopic (exact) mass is 172 g/mol. The molecule has 1 saturated heterocycles. The van der Waals surface area contributed by atoms with Gasteiger partial charge in [-0.25, -0.2) is 0 Å². The van der Waals surface area contributed by atoms with Crippen LogP contribution in [0.25, 0.3) is 0 Å². The van der Waals surface area contributed by atoms with Crippen LogP contribution in [0.5, 0.6) is 0 Å². The lowest BCUT2D eigenvalue weighted by molar-refractivity contribution is 0.0893. The van der Waals surface area contributed by atoms with Gasteiger partial charge in [0.1, 0.15) is 0 Å². The minimum absolute atomic E-state index is 0.359. The van der Waals surface area contributed by atoms with Crippen molar-refractivity contribution in [2.24, 2.45) is 0 Å². The van der Waals surface area contributed by atoms with E-state index in [1.54, 1.807) is 7.11 Å². The van der Waals surface area contributed by atoms with Gasteiger partial charge in [0.2, 0.25) is 0 Å². The van der Waals surface area contributed by atoms with E-state index in [0.717, 1.165) is 13.1 Å². The smallest absolute Gasteiger partial charge is 0.0863 e. The summed E-state index contributed by atoms with van der Waals surface area (Å²) >= 11 is 0. The maximum Gasteiger partial charge on any atom is 0.0863 e. The third kappa shape index (κ3) is 2.44. The quantitative estimate of drug-likeness (QED) is 0.663. The SMILES string of the molecule is CO[C@@H]1CN(C)C[C@@H]1NC(C)C. The van der Waals surface area contributed by atoms with E-state index in [0.29, 0.717) is 18.2 Å². The molecule has 72 valence electrons. The van der Waals surface area contributed by atoms with Gasteiger partial charge in [-0.2, -0.15) is 0 Å². The highest BCUT2D eigenvalue weighted by Crippen LogP contribution is 2.11. The van der Waals surface area contributed by atoms with Crippen LogP contribution in [0.1, 0.15) is 13.8 Å². The van der Waals surface area contributed by atoms with Gasteiger partial charge in [0.25, 0.3) is 0 Å². The van der Waals surface area contributed by atoms with Crippen LogP contribution in [0.15, 0.2) is 0 Å². The molecule has 1 heterocycles. The van der Waals surface area contributed by atoms with Crippen molar-refractivity contribution in [2.75, 3.05) is 27.2 Å². The second-order valence-electron chi connectivity index (χ2n) is 3.92. The summed E-state index contributed by atoms with van der Waals surface area (Å²) in [5.74, 6) is 0. The molecule has 0 radical (unpaired) electrons. The molecule has 0 aromatic heterocycles. The van der Waals surface area contributed by atoms with Crippen LogP contribution in [0.4, 0.5) is 0 Å². The number of methoxy groups -OCH3 is 1. The van der Waals surface area contributed by atoms with Crippen molar-refractivity contribution in [3.8, 4) is 0 Å². The maximum atomic E-state index is 5.39. The van der Waals surface area contributed by atoms with E-state index < -0.39 is 0 Å². The van der Waals surface area contributed by atoms with Crippen molar-refractivity contribution in [3.05, 3.63) is 0 Å². The number of ether oxygens (including phenoxy) is 1. The molecule has 0 amide bonds. The molecular formula is C9H20N2O. The Bertz CT molecular complexity index is 138. The highest BCUT2D eigenvalue weighted by Gasteiger charge is 2.30. The van der Waals surface area contributed by atoms with Gasteiger partial charge in [-0.1, -0.05) is 13.8 Å². The normalized spacial score (nSPS) is 31.8. The predicted octanol–water partition coefficient (Wildman–Crippen LogP) is 0.313. The van der Waals surface area contributed by atoms with Gasteiger partial charge in [-0.15, -0.1) is 0 Å². The summed E-state index contributed by atoms with van der Waals surface area (Å²) in [4.78, 5) is 2.30. The third-order valence-corrected chi connectivity index (χ3v) is 2.30. The Morgan fingerprint density at radius 2 is 2.08 bits per heavy atom. The van der Waals surface area contributed by atoms with Crippen molar-refractivity contribution < 1.29 is 4.74 Å². The van der Waals surface area contributed by atoms with Crippen molar-refractivity contribution in [1.29, 1.82) is 0 Å².